The minimum atomic E-state index is -4.62. The SMILES string of the molecule is N#Cc1cc(C(F)(F)F)ccc1NC(=O)C(=O)O. The minimum absolute atomic E-state index is 0.294. The summed E-state index contributed by atoms with van der Waals surface area (Å²) in [6.07, 6.45) is -4.62. The van der Waals surface area contributed by atoms with Crippen molar-refractivity contribution in [2.75, 3.05) is 5.32 Å². The Balaban J connectivity index is 3.14. The number of hydrogen-bond donors (Lipinski definition) is 2. The van der Waals surface area contributed by atoms with Crippen molar-refractivity contribution < 1.29 is 27.9 Å². The molecule has 0 bridgehead atoms. The van der Waals surface area contributed by atoms with Crippen molar-refractivity contribution >= 4 is 17.6 Å². The van der Waals surface area contributed by atoms with E-state index in [4.69, 9.17) is 10.4 Å². The van der Waals surface area contributed by atoms with Crippen LogP contribution in [0.2, 0.25) is 0 Å². The normalized spacial score (nSPS) is 10.6. The van der Waals surface area contributed by atoms with Gasteiger partial charge in [-0.15, -0.1) is 0 Å². The second kappa shape index (κ2) is 4.75. The second-order valence-electron chi connectivity index (χ2n) is 3.13. The van der Waals surface area contributed by atoms with Gasteiger partial charge in [-0.3, -0.25) is 4.79 Å². The first-order valence-electron chi connectivity index (χ1n) is 4.41. The molecule has 0 aromatic heterocycles. The zero-order valence-electron chi connectivity index (χ0n) is 8.58. The molecule has 2 N–H and O–H groups in total. The molecular formula is C10H5F3N2O3. The number of aliphatic carboxylic acids is 1. The van der Waals surface area contributed by atoms with Gasteiger partial charge in [0, 0.05) is 0 Å². The van der Waals surface area contributed by atoms with Crippen molar-refractivity contribution in [1.29, 1.82) is 5.26 Å². The molecule has 0 atom stereocenters. The van der Waals surface area contributed by atoms with Gasteiger partial charge in [0.25, 0.3) is 0 Å². The van der Waals surface area contributed by atoms with Crippen molar-refractivity contribution in [3.05, 3.63) is 29.3 Å². The van der Waals surface area contributed by atoms with Gasteiger partial charge in [0.2, 0.25) is 0 Å². The monoisotopic (exact) mass is 258 g/mol. The Morgan fingerprint density at radius 1 is 1.33 bits per heavy atom. The van der Waals surface area contributed by atoms with Crippen molar-refractivity contribution in [2.24, 2.45) is 0 Å². The average molecular weight is 258 g/mol. The molecule has 1 aromatic carbocycles. The smallest absolute Gasteiger partial charge is 0.416 e. The Morgan fingerprint density at radius 3 is 2.39 bits per heavy atom. The first-order chi connectivity index (χ1) is 8.25. The summed E-state index contributed by atoms with van der Waals surface area (Å²) in [4.78, 5) is 21.1. The van der Waals surface area contributed by atoms with Gasteiger partial charge in [-0.25, -0.2) is 4.79 Å². The maximum atomic E-state index is 12.3. The number of rotatable bonds is 1. The lowest BCUT2D eigenvalue weighted by Gasteiger charge is -2.09. The largest absolute Gasteiger partial charge is 0.474 e. The van der Waals surface area contributed by atoms with E-state index in [1.807, 2.05) is 5.32 Å². The summed E-state index contributed by atoms with van der Waals surface area (Å²) < 4.78 is 37.0. The number of hydrogen-bond acceptors (Lipinski definition) is 3. The van der Waals surface area contributed by atoms with Gasteiger partial charge in [-0.2, -0.15) is 18.4 Å². The van der Waals surface area contributed by atoms with Gasteiger partial charge in [0.1, 0.15) is 6.07 Å². The lowest BCUT2D eigenvalue weighted by Crippen LogP contribution is -2.22. The van der Waals surface area contributed by atoms with Crippen LogP contribution in [0, 0.1) is 11.3 Å². The van der Waals surface area contributed by atoms with Crippen LogP contribution in [0.25, 0.3) is 0 Å². The minimum Gasteiger partial charge on any atom is -0.474 e. The molecule has 0 saturated heterocycles. The van der Waals surface area contributed by atoms with Gasteiger partial charge in [-0.05, 0) is 18.2 Å². The number of carbonyl (C=O) groups is 2. The average Bonchev–Trinajstić information content (AvgIpc) is 2.27. The summed E-state index contributed by atoms with van der Waals surface area (Å²) in [6.45, 7) is 0. The Morgan fingerprint density at radius 2 is 1.94 bits per heavy atom. The van der Waals surface area contributed by atoms with E-state index < -0.39 is 29.2 Å². The number of benzene rings is 1. The molecule has 1 aromatic rings. The molecule has 0 radical (unpaired) electrons. The summed E-state index contributed by atoms with van der Waals surface area (Å²) in [7, 11) is 0. The molecule has 0 aliphatic rings. The molecule has 18 heavy (non-hydrogen) atoms. The van der Waals surface area contributed by atoms with Crippen molar-refractivity contribution in [3.8, 4) is 6.07 Å². The van der Waals surface area contributed by atoms with E-state index in [0.717, 1.165) is 6.07 Å². The molecule has 0 heterocycles. The number of nitrogens with zero attached hydrogens (tertiary/aromatic N) is 1. The number of carbonyl (C=O) groups excluding carboxylic acids is 1. The highest BCUT2D eigenvalue weighted by Crippen LogP contribution is 2.31. The molecule has 0 aliphatic carbocycles. The molecule has 0 unspecified atom stereocenters. The van der Waals surface area contributed by atoms with Gasteiger partial charge in [0.05, 0.1) is 16.8 Å². The zero-order chi connectivity index (χ0) is 13.9. The maximum absolute atomic E-state index is 12.3. The number of carboxylic acid groups (broad SMARTS) is 1. The molecule has 8 heteroatoms. The number of nitrogens with one attached hydrogen (secondary N) is 1. The Bertz CT molecular complexity index is 546. The lowest BCUT2D eigenvalue weighted by molar-refractivity contribution is -0.147. The van der Waals surface area contributed by atoms with E-state index in [9.17, 15) is 22.8 Å². The summed E-state index contributed by atoms with van der Waals surface area (Å²) in [5.74, 6) is -3.25. The highest BCUT2D eigenvalue weighted by Gasteiger charge is 2.31. The molecule has 1 amide bonds. The second-order valence-corrected chi connectivity index (χ2v) is 3.13. The predicted molar refractivity (Wildman–Crippen MR) is 52.4 cm³/mol. The van der Waals surface area contributed by atoms with Crippen LogP contribution in [0.5, 0.6) is 0 Å². The van der Waals surface area contributed by atoms with E-state index >= 15 is 0 Å². The fourth-order valence-electron chi connectivity index (χ4n) is 1.10. The van der Waals surface area contributed by atoms with Gasteiger partial charge in [0.15, 0.2) is 0 Å². The number of nitriles is 1. The molecule has 94 valence electrons. The van der Waals surface area contributed by atoms with Crippen LogP contribution in [0.3, 0.4) is 0 Å². The molecule has 0 fully saturated rings. The van der Waals surface area contributed by atoms with E-state index in [1.165, 1.54) is 6.07 Å². The zero-order valence-corrected chi connectivity index (χ0v) is 8.58. The first kappa shape index (κ1) is 13.5. The van der Waals surface area contributed by atoms with Crippen LogP contribution < -0.4 is 5.32 Å². The molecule has 0 saturated carbocycles. The topological polar surface area (TPSA) is 90.2 Å². The van der Waals surface area contributed by atoms with Crippen molar-refractivity contribution in [1.82, 2.24) is 0 Å². The van der Waals surface area contributed by atoms with Crippen molar-refractivity contribution in [3.63, 3.8) is 0 Å². The van der Waals surface area contributed by atoms with E-state index in [2.05, 4.69) is 0 Å². The van der Waals surface area contributed by atoms with Gasteiger partial charge >= 0.3 is 18.1 Å². The quantitative estimate of drug-likeness (QED) is 0.748. The molecule has 0 aliphatic heterocycles. The fourth-order valence-corrected chi connectivity index (χ4v) is 1.10. The molecule has 0 spiro atoms. The highest BCUT2D eigenvalue weighted by molar-refractivity contribution is 6.36. The number of amides is 1. The van der Waals surface area contributed by atoms with Crippen LogP contribution >= 0.6 is 0 Å². The Hall–Kier alpha value is -2.56. The molecule has 5 nitrogen and oxygen atoms in total. The Kier molecular flexibility index (Phi) is 3.56. The summed E-state index contributed by atoms with van der Waals surface area (Å²) in [5, 5.41) is 18.8. The summed E-state index contributed by atoms with van der Waals surface area (Å²) in [5.41, 5.74) is -1.83. The fraction of sp³-hybridized carbons (Fsp3) is 0.100. The third kappa shape index (κ3) is 2.98. The van der Waals surface area contributed by atoms with Crippen LogP contribution in [-0.2, 0) is 15.8 Å². The number of anilines is 1. The van der Waals surface area contributed by atoms with Crippen LogP contribution in [0.15, 0.2) is 18.2 Å². The third-order valence-corrected chi connectivity index (χ3v) is 1.91. The molecular weight excluding hydrogens is 253 g/mol. The van der Waals surface area contributed by atoms with E-state index in [1.54, 1.807) is 0 Å². The Labute approximate surface area is 98.4 Å². The van der Waals surface area contributed by atoms with E-state index in [-0.39, 0.29) is 5.69 Å². The van der Waals surface area contributed by atoms with Gasteiger partial charge < -0.3 is 10.4 Å². The molecule has 1 rings (SSSR count). The maximum Gasteiger partial charge on any atom is 0.416 e. The number of alkyl halides is 3. The highest BCUT2D eigenvalue weighted by atomic mass is 19.4. The van der Waals surface area contributed by atoms with E-state index in [0.29, 0.717) is 12.1 Å². The third-order valence-electron chi connectivity index (χ3n) is 1.91. The summed E-state index contributed by atoms with van der Waals surface area (Å²) >= 11 is 0. The van der Waals surface area contributed by atoms with Crippen molar-refractivity contribution in [2.45, 2.75) is 6.18 Å². The summed E-state index contributed by atoms with van der Waals surface area (Å²) in [6, 6.07) is 3.43. The number of carboxylic acids is 1. The van der Waals surface area contributed by atoms with Gasteiger partial charge in [-0.1, -0.05) is 0 Å². The standard InChI is InChI=1S/C10H5F3N2O3/c11-10(12,13)6-1-2-7(5(3-6)4-14)15-8(16)9(17)18/h1-3H,(H,15,16)(H,17,18). The first-order valence-corrected chi connectivity index (χ1v) is 4.41. The predicted octanol–water partition coefficient (Wildman–Crippen LogP) is 1.60. The van der Waals surface area contributed by atoms with Crippen LogP contribution in [0.4, 0.5) is 18.9 Å². The number of halogens is 3. The van der Waals surface area contributed by atoms with Crippen LogP contribution in [-0.4, -0.2) is 17.0 Å². The lowest BCUT2D eigenvalue weighted by atomic mass is 10.1. The van der Waals surface area contributed by atoms with Crippen LogP contribution in [0.1, 0.15) is 11.1 Å².